The van der Waals surface area contributed by atoms with Crippen LogP contribution in [-0.4, -0.2) is 49.8 Å². The normalized spacial score (nSPS) is 10.5. The summed E-state index contributed by atoms with van der Waals surface area (Å²) >= 11 is 0. The minimum Gasteiger partial charge on any atom is -0.467 e. The van der Waals surface area contributed by atoms with Gasteiger partial charge in [0.1, 0.15) is 0 Å². The number of halogens is 3. The van der Waals surface area contributed by atoms with Gasteiger partial charge < -0.3 is 9.47 Å². The van der Waals surface area contributed by atoms with Crippen molar-refractivity contribution in [1.29, 1.82) is 0 Å². The summed E-state index contributed by atoms with van der Waals surface area (Å²) in [5.74, 6) is -0.243. The number of aromatic nitrogens is 3. The van der Waals surface area contributed by atoms with Crippen LogP contribution >= 0.6 is 0 Å². The van der Waals surface area contributed by atoms with Gasteiger partial charge in [-0.3, -0.25) is 5.32 Å². The summed E-state index contributed by atoms with van der Waals surface area (Å²) in [6, 6.07) is 7.01. The average molecular weight is 433 g/mol. The van der Waals surface area contributed by atoms with Crippen molar-refractivity contribution in [2.45, 2.75) is 6.18 Å². The monoisotopic (exact) mass is 433 g/mol. The molecule has 1 aromatic heterocycles. The topological polar surface area (TPSA) is 133 Å². The SMILES string of the molecule is COc1nc(NC(=O)N=S(=O)=O)nc(OC)n1.FC(F)(F)C=Cc1ccccc1. The van der Waals surface area contributed by atoms with Gasteiger partial charge in [0, 0.05) is 6.08 Å². The second-order valence-corrected chi connectivity index (χ2v) is 5.27. The highest BCUT2D eigenvalue weighted by molar-refractivity contribution is 7.62. The number of urea groups is 1. The van der Waals surface area contributed by atoms with Crippen LogP contribution in [0.1, 0.15) is 5.56 Å². The molecule has 0 unspecified atom stereocenters. The van der Waals surface area contributed by atoms with Gasteiger partial charge in [-0.15, -0.1) is 4.98 Å². The molecule has 29 heavy (non-hydrogen) atoms. The molecule has 1 heterocycles. The first-order valence-electron chi connectivity index (χ1n) is 7.40. The quantitative estimate of drug-likeness (QED) is 0.778. The summed E-state index contributed by atoms with van der Waals surface area (Å²) in [6.07, 6.45) is -2.96. The summed E-state index contributed by atoms with van der Waals surface area (Å²) in [4.78, 5) is 21.9. The lowest BCUT2D eigenvalue weighted by Crippen LogP contribution is -2.11. The number of anilines is 1. The van der Waals surface area contributed by atoms with E-state index in [9.17, 15) is 26.4 Å². The zero-order valence-corrected chi connectivity index (χ0v) is 15.7. The van der Waals surface area contributed by atoms with E-state index in [-0.39, 0.29) is 24.0 Å². The third-order valence-corrected chi connectivity index (χ3v) is 2.91. The number of methoxy groups -OCH3 is 2. The zero-order valence-electron chi connectivity index (χ0n) is 14.9. The third-order valence-electron chi connectivity index (χ3n) is 2.60. The van der Waals surface area contributed by atoms with Crippen molar-refractivity contribution in [3.63, 3.8) is 0 Å². The van der Waals surface area contributed by atoms with Crippen molar-refractivity contribution in [2.75, 3.05) is 19.5 Å². The maximum absolute atomic E-state index is 11.7. The zero-order chi connectivity index (χ0) is 21.9. The number of rotatable bonds is 4. The van der Waals surface area contributed by atoms with E-state index in [2.05, 4.69) is 19.3 Å². The van der Waals surface area contributed by atoms with E-state index in [1.165, 1.54) is 14.2 Å². The number of hydrogen-bond acceptors (Lipinski definition) is 8. The van der Waals surface area contributed by atoms with E-state index < -0.39 is 22.7 Å². The van der Waals surface area contributed by atoms with Crippen molar-refractivity contribution in [1.82, 2.24) is 15.0 Å². The van der Waals surface area contributed by atoms with Crippen LogP contribution in [0.25, 0.3) is 6.08 Å². The van der Waals surface area contributed by atoms with E-state index in [0.29, 0.717) is 5.56 Å². The van der Waals surface area contributed by atoms with E-state index in [4.69, 9.17) is 9.47 Å². The van der Waals surface area contributed by atoms with Gasteiger partial charge in [-0.2, -0.15) is 31.6 Å². The summed E-state index contributed by atoms with van der Waals surface area (Å²) in [5.41, 5.74) is 0.551. The number of hydrogen-bond donors (Lipinski definition) is 1. The van der Waals surface area contributed by atoms with E-state index in [1.54, 1.807) is 30.3 Å². The number of carbonyl (C=O) groups excluding carboxylic acids is 1. The number of amides is 2. The summed E-state index contributed by atoms with van der Waals surface area (Å²) in [5, 5.41) is 2.00. The molecule has 0 saturated carbocycles. The van der Waals surface area contributed by atoms with Crippen molar-refractivity contribution >= 4 is 28.6 Å². The smallest absolute Gasteiger partial charge is 0.409 e. The van der Waals surface area contributed by atoms with Crippen molar-refractivity contribution in [3.05, 3.63) is 42.0 Å². The molecule has 0 radical (unpaired) electrons. The molecule has 0 aliphatic heterocycles. The molecule has 10 nitrogen and oxygen atoms in total. The summed E-state index contributed by atoms with van der Waals surface area (Å²) < 4.78 is 67.3. The number of nitrogens with zero attached hydrogens (tertiary/aromatic N) is 4. The Hall–Kier alpha value is -3.55. The largest absolute Gasteiger partial charge is 0.467 e. The molecule has 0 saturated heterocycles. The molecule has 156 valence electrons. The van der Waals surface area contributed by atoms with Gasteiger partial charge in [0.15, 0.2) is 0 Å². The first-order valence-corrected chi connectivity index (χ1v) is 8.43. The molecule has 1 aromatic carbocycles. The second kappa shape index (κ2) is 11.3. The van der Waals surface area contributed by atoms with Gasteiger partial charge in [-0.1, -0.05) is 40.8 Å². The van der Waals surface area contributed by atoms with E-state index >= 15 is 0 Å². The van der Waals surface area contributed by atoms with Crippen LogP contribution in [0.3, 0.4) is 0 Å². The van der Waals surface area contributed by atoms with Crippen molar-refractivity contribution in [3.8, 4) is 12.0 Å². The molecule has 2 rings (SSSR count). The molecular weight excluding hydrogens is 419 g/mol. The molecule has 0 aliphatic carbocycles. The fourth-order valence-electron chi connectivity index (χ4n) is 1.52. The summed E-state index contributed by atoms with van der Waals surface area (Å²) in [7, 11) is -0.248. The van der Waals surface area contributed by atoms with E-state index in [1.807, 2.05) is 5.32 Å². The molecule has 0 fully saturated rings. The molecule has 0 atom stereocenters. The number of benzene rings is 1. The predicted octanol–water partition coefficient (Wildman–Crippen LogP) is 2.75. The summed E-state index contributed by atoms with van der Waals surface area (Å²) in [6.45, 7) is 0. The minimum absolute atomic E-state index is 0.101. The van der Waals surface area contributed by atoms with Crippen LogP contribution in [0.5, 0.6) is 12.0 Å². The van der Waals surface area contributed by atoms with Crippen LogP contribution in [-0.2, 0) is 10.5 Å². The molecule has 0 spiro atoms. The molecule has 0 bridgehead atoms. The van der Waals surface area contributed by atoms with Crippen LogP contribution < -0.4 is 14.8 Å². The Morgan fingerprint density at radius 3 is 2.07 bits per heavy atom. The van der Waals surface area contributed by atoms with E-state index in [0.717, 1.165) is 6.08 Å². The van der Waals surface area contributed by atoms with Crippen LogP contribution in [0.15, 0.2) is 40.8 Å². The number of alkyl halides is 3. The second-order valence-electron chi connectivity index (χ2n) is 4.66. The van der Waals surface area contributed by atoms with Gasteiger partial charge in [0.25, 0.3) is 0 Å². The number of nitrogens with one attached hydrogen (secondary N) is 1. The Kier molecular flexibility index (Phi) is 9.18. The molecule has 1 N–H and O–H groups in total. The van der Waals surface area contributed by atoms with Gasteiger partial charge >= 0.3 is 34.7 Å². The fourth-order valence-corrected chi connectivity index (χ4v) is 1.70. The lowest BCUT2D eigenvalue weighted by Gasteiger charge is -2.03. The fraction of sp³-hybridized carbons (Fsp3) is 0.200. The Morgan fingerprint density at radius 1 is 1.07 bits per heavy atom. The number of carbonyl (C=O) groups is 1. The number of allylic oxidation sites excluding steroid dienone is 1. The van der Waals surface area contributed by atoms with Crippen molar-refractivity contribution in [2.24, 2.45) is 4.36 Å². The maximum Gasteiger partial charge on any atom is 0.409 e. The first-order chi connectivity index (χ1) is 13.6. The van der Waals surface area contributed by atoms with Crippen LogP contribution in [0, 0.1) is 0 Å². The molecule has 2 amide bonds. The van der Waals surface area contributed by atoms with Gasteiger partial charge in [-0.05, 0) is 5.56 Å². The molecule has 2 aromatic rings. The van der Waals surface area contributed by atoms with Crippen LogP contribution in [0.4, 0.5) is 23.9 Å². The average Bonchev–Trinajstić information content (AvgIpc) is 2.66. The highest BCUT2D eigenvalue weighted by Gasteiger charge is 2.21. The minimum atomic E-state index is -4.23. The number of ether oxygens (including phenoxy) is 2. The molecule has 14 heteroatoms. The molecule has 0 aliphatic rings. The Morgan fingerprint density at radius 2 is 1.62 bits per heavy atom. The Labute approximate surface area is 164 Å². The lowest BCUT2D eigenvalue weighted by molar-refractivity contribution is -0.0790. The maximum atomic E-state index is 11.7. The molecular formula is C15H14F3N5O5S. The Bertz CT molecular complexity index is 951. The highest BCUT2D eigenvalue weighted by atomic mass is 32.2. The highest BCUT2D eigenvalue weighted by Crippen LogP contribution is 2.17. The Balaban J connectivity index is 0.000000308. The first kappa shape index (κ1) is 23.5. The van der Waals surface area contributed by atoms with Crippen LogP contribution in [0.2, 0.25) is 0 Å². The van der Waals surface area contributed by atoms with Crippen molar-refractivity contribution < 1.29 is 35.9 Å². The third kappa shape index (κ3) is 10.4. The standard InChI is InChI=1S/C9H7F3.C6H7N5O5S/c10-9(11,12)7-6-8-4-2-1-3-5-8;1-15-5-8-3(9-6(10-5)16-2)7-4(12)11-17(13)14/h1-7H;1-2H3,(H,7,8,9,10,12). The predicted molar refractivity (Wildman–Crippen MR) is 94.8 cm³/mol. The van der Waals surface area contributed by atoms with Gasteiger partial charge in [0.05, 0.1) is 14.2 Å². The lowest BCUT2D eigenvalue weighted by atomic mass is 10.2. The van der Waals surface area contributed by atoms with Gasteiger partial charge in [-0.25, -0.2) is 4.79 Å². The van der Waals surface area contributed by atoms with Gasteiger partial charge in [0.2, 0.25) is 5.95 Å².